The third kappa shape index (κ3) is 5.10. The van der Waals surface area contributed by atoms with Gasteiger partial charge in [0.1, 0.15) is 5.70 Å². The summed E-state index contributed by atoms with van der Waals surface area (Å²) in [6, 6.07) is 14.7. The summed E-state index contributed by atoms with van der Waals surface area (Å²) in [5.41, 5.74) is 2.97. The van der Waals surface area contributed by atoms with E-state index in [-0.39, 0.29) is 17.5 Å². The Kier molecular flexibility index (Phi) is 7.66. The highest BCUT2D eigenvalue weighted by molar-refractivity contribution is 6.36. The summed E-state index contributed by atoms with van der Waals surface area (Å²) in [5.74, 6) is -0.621. The maximum Gasteiger partial charge on any atom is 0.278 e. The number of nitrogens with one attached hydrogen (secondary N) is 1. The molecule has 0 aliphatic carbocycles. The smallest absolute Gasteiger partial charge is 0.278 e. The average Bonchev–Trinajstić information content (AvgIpc) is 2.98. The van der Waals surface area contributed by atoms with Gasteiger partial charge < -0.3 is 10.1 Å². The van der Waals surface area contributed by atoms with Crippen LogP contribution in [0.2, 0.25) is 5.02 Å². The van der Waals surface area contributed by atoms with E-state index in [2.05, 4.69) is 12.2 Å². The van der Waals surface area contributed by atoms with Gasteiger partial charge in [-0.2, -0.15) is 0 Å². The number of benzene rings is 2. The van der Waals surface area contributed by atoms with Crippen LogP contribution in [-0.2, 0) is 14.3 Å². The van der Waals surface area contributed by atoms with Crippen molar-refractivity contribution in [2.24, 2.45) is 0 Å². The maximum absolute atomic E-state index is 13.1. The Morgan fingerprint density at radius 2 is 1.73 bits per heavy atom. The van der Waals surface area contributed by atoms with Gasteiger partial charge in [0.15, 0.2) is 0 Å². The van der Waals surface area contributed by atoms with Gasteiger partial charge in [-0.3, -0.25) is 14.5 Å². The highest BCUT2D eigenvalue weighted by Crippen LogP contribution is 2.31. The minimum atomic E-state index is -0.330. The molecule has 3 rings (SSSR count). The first-order valence-electron chi connectivity index (χ1n) is 10.3. The van der Waals surface area contributed by atoms with E-state index in [0.717, 1.165) is 18.4 Å². The predicted octanol–water partition coefficient (Wildman–Crippen LogP) is 5.05. The Hall–Kier alpha value is -2.63. The third-order valence-corrected chi connectivity index (χ3v) is 5.39. The molecule has 158 valence electrons. The number of hydrogen-bond donors (Lipinski definition) is 1. The van der Waals surface area contributed by atoms with Crippen molar-refractivity contribution in [2.45, 2.75) is 33.1 Å². The Bertz CT molecular complexity index is 941. The Balaban J connectivity index is 1.81. The van der Waals surface area contributed by atoms with Crippen LogP contribution in [0.15, 0.2) is 54.2 Å². The van der Waals surface area contributed by atoms with E-state index in [1.54, 1.807) is 6.07 Å². The molecule has 0 bridgehead atoms. The molecule has 1 heterocycles. The number of halogens is 1. The third-order valence-electron chi connectivity index (χ3n) is 4.98. The molecule has 2 amide bonds. The first-order valence-corrected chi connectivity index (χ1v) is 10.7. The van der Waals surface area contributed by atoms with Crippen LogP contribution in [0.25, 0.3) is 5.57 Å². The molecule has 0 fully saturated rings. The fourth-order valence-corrected chi connectivity index (χ4v) is 3.44. The van der Waals surface area contributed by atoms with Gasteiger partial charge in [-0.1, -0.05) is 61.3 Å². The van der Waals surface area contributed by atoms with E-state index in [1.807, 2.05) is 49.4 Å². The molecule has 5 nitrogen and oxygen atoms in total. The number of unbranched alkanes of at least 4 members (excludes halogenated alkanes) is 1. The Labute approximate surface area is 182 Å². The van der Waals surface area contributed by atoms with Gasteiger partial charge in [0, 0.05) is 30.5 Å². The lowest BCUT2D eigenvalue weighted by Gasteiger charge is -2.15. The van der Waals surface area contributed by atoms with Crippen molar-refractivity contribution in [2.75, 3.05) is 25.1 Å². The minimum absolute atomic E-state index is 0.276. The Morgan fingerprint density at radius 1 is 1.00 bits per heavy atom. The largest absolute Gasteiger partial charge is 0.381 e. The molecule has 0 spiro atoms. The quantitative estimate of drug-likeness (QED) is 0.426. The molecule has 30 heavy (non-hydrogen) atoms. The lowest BCUT2D eigenvalue weighted by atomic mass is 10.0. The summed E-state index contributed by atoms with van der Waals surface area (Å²) < 4.78 is 5.57. The first-order chi connectivity index (χ1) is 14.5. The molecule has 0 aromatic heterocycles. The Morgan fingerprint density at radius 3 is 2.43 bits per heavy atom. The van der Waals surface area contributed by atoms with Crippen LogP contribution in [0.3, 0.4) is 0 Å². The van der Waals surface area contributed by atoms with E-state index in [9.17, 15) is 9.59 Å². The van der Waals surface area contributed by atoms with Crippen molar-refractivity contribution < 1.29 is 14.3 Å². The normalized spacial score (nSPS) is 14.0. The fraction of sp³-hybridized carbons (Fsp3) is 0.333. The second kappa shape index (κ2) is 10.4. The summed E-state index contributed by atoms with van der Waals surface area (Å²) in [4.78, 5) is 27.6. The van der Waals surface area contributed by atoms with Crippen LogP contribution >= 0.6 is 11.6 Å². The number of anilines is 1. The summed E-state index contributed by atoms with van der Waals surface area (Å²) in [5, 5.41) is 3.73. The number of rotatable bonds is 10. The molecule has 0 atom stereocenters. The number of aryl methyl sites for hydroxylation is 1. The molecule has 0 saturated heterocycles. The molecular weight excluding hydrogens is 400 g/mol. The van der Waals surface area contributed by atoms with Crippen molar-refractivity contribution in [3.05, 3.63) is 70.4 Å². The van der Waals surface area contributed by atoms with Crippen LogP contribution in [0.1, 0.15) is 37.3 Å². The van der Waals surface area contributed by atoms with E-state index in [4.69, 9.17) is 16.3 Å². The molecule has 0 radical (unpaired) electrons. The number of carbonyl (C=O) groups is 2. The number of amides is 2. The van der Waals surface area contributed by atoms with Crippen LogP contribution in [0.5, 0.6) is 0 Å². The summed E-state index contributed by atoms with van der Waals surface area (Å²) in [6.45, 7) is 5.56. The number of carbonyl (C=O) groups excluding carboxylic acids is 2. The standard InChI is InChI=1S/C24H27ClN2O3/c1-3-4-14-30-15-8-13-27-23(28)21(18-9-6-5-7-10-18)22(24(27)29)26-19-12-11-17(2)20(25)16-19/h5-7,9-12,16,26H,3-4,8,13-15H2,1-2H3. The van der Waals surface area contributed by atoms with Gasteiger partial charge in [0.05, 0.1) is 5.57 Å². The van der Waals surface area contributed by atoms with E-state index in [1.165, 1.54) is 4.90 Å². The lowest BCUT2D eigenvalue weighted by molar-refractivity contribution is -0.137. The van der Waals surface area contributed by atoms with Gasteiger partial charge in [0.25, 0.3) is 11.8 Å². The maximum atomic E-state index is 13.1. The van der Waals surface area contributed by atoms with Gasteiger partial charge >= 0.3 is 0 Å². The lowest BCUT2D eigenvalue weighted by Crippen LogP contribution is -2.34. The van der Waals surface area contributed by atoms with Gasteiger partial charge in [-0.05, 0) is 43.0 Å². The minimum Gasteiger partial charge on any atom is -0.381 e. The molecule has 6 heteroatoms. The summed E-state index contributed by atoms with van der Waals surface area (Å²) in [7, 11) is 0. The van der Waals surface area contributed by atoms with Crippen molar-refractivity contribution >= 4 is 34.7 Å². The van der Waals surface area contributed by atoms with Crippen LogP contribution < -0.4 is 5.32 Å². The molecule has 2 aromatic carbocycles. The number of nitrogens with zero attached hydrogens (tertiary/aromatic N) is 1. The fourth-order valence-electron chi connectivity index (χ4n) is 3.26. The highest BCUT2D eigenvalue weighted by Gasteiger charge is 2.38. The van der Waals surface area contributed by atoms with Crippen LogP contribution in [0.4, 0.5) is 5.69 Å². The number of ether oxygens (including phenoxy) is 1. The molecule has 1 aliphatic rings. The predicted molar refractivity (Wildman–Crippen MR) is 120 cm³/mol. The molecule has 0 saturated carbocycles. The second-order valence-corrected chi connectivity index (χ2v) is 7.69. The van der Waals surface area contributed by atoms with Gasteiger partial charge in [-0.25, -0.2) is 0 Å². The number of imide groups is 1. The van der Waals surface area contributed by atoms with E-state index < -0.39 is 0 Å². The van der Waals surface area contributed by atoms with Crippen molar-refractivity contribution in [1.29, 1.82) is 0 Å². The van der Waals surface area contributed by atoms with E-state index >= 15 is 0 Å². The van der Waals surface area contributed by atoms with Crippen LogP contribution in [-0.4, -0.2) is 36.5 Å². The van der Waals surface area contributed by atoms with Gasteiger partial charge in [-0.15, -0.1) is 0 Å². The SMILES string of the molecule is CCCCOCCCN1C(=O)C(Nc2ccc(C)c(Cl)c2)=C(c2ccccc2)C1=O. The van der Waals surface area contributed by atoms with E-state index in [0.29, 0.717) is 48.0 Å². The summed E-state index contributed by atoms with van der Waals surface area (Å²) in [6.07, 6.45) is 2.69. The van der Waals surface area contributed by atoms with Crippen LogP contribution in [0, 0.1) is 6.92 Å². The van der Waals surface area contributed by atoms with Crippen molar-refractivity contribution in [3.8, 4) is 0 Å². The molecule has 1 N–H and O–H groups in total. The second-order valence-electron chi connectivity index (χ2n) is 7.29. The molecule has 1 aliphatic heterocycles. The van der Waals surface area contributed by atoms with Gasteiger partial charge in [0.2, 0.25) is 0 Å². The van der Waals surface area contributed by atoms with Crippen molar-refractivity contribution in [1.82, 2.24) is 4.90 Å². The zero-order valence-corrected chi connectivity index (χ0v) is 18.2. The molecule has 0 unspecified atom stereocenters. The topological polar surface area (TPSA) is 58.6 Å². The monoisotopic (exact) mass is 426 g/mol. The average molecular weight is 427 g/mol. The molecule has 2 aromatic rings. The summed E-state index contributed by atoms with van der Waals surface area (Å²) >= 11 is 6.23. The zero-order chi connectivity index (χ0) is 21.5. The molecular formula is C24H27ClN2O3. The number of hydrogen-bond acceptors (Lipinski definition) is 4. The first kappa shape index (κ1) is 22.1. The zero-order valence-electron chi connectivity index (χ0n) is 17.4. The van der Waals surface area contributed by atoms with Crippen molar-refractivity contribution in [3.63, 3.8) is 0 Å². The highest BCUT2D eigenvalue weighted by atomic mass is 35.5.